The smallest absolute Gasteiger partial charge is 0.336 e. The Morgan fingerprint density at radius 3 is 3.21 bits per heavy atom. The van der Waals surface area contributed by atoms with Crippen LogP contribution in [0.3, 0.4) is 0 Å². The van der Waals surface area contributed by atoms with Crippen molar-refractivity contribution in [1.29, 1.82) is 0 Å². The topological polar surface area (TPSA) is 52.6 Å². The van der Waals surface area contributed by atoms with Gasteiger partial charge in [-0.15, -0.1) is 11.8 Å². The SMILES string of the molecule is CC(=O)O[C@@H]1CSC=C2OC(=O)C=C21. The number of hydrogen-bond acceptors (Lipinski definition) is 5. The molecule has 0 aromatic rings. The van der Waals surface area contributed by atoms with Crippen LogP contribution in [0.5, 0.6) is 0 Å². The third kappa shape index (κ3) is 1.68. The van der Waals surface area contributed by atoms with E-state index in [1.54, 1.807) is 5.41 Å². The third-order valence-electron chi connectivity index (χ3n) is 1.86. The van der Waals surface area contributed by atoms with Crippen molar-refractivity contribution >= 4 is 23.7 Å². The first-order chi connectivity index (χ1) is 6.66. The zero-order chi connectivity index (χ0) is 10.1. The van der Waals surface area contributed by atoms with Gasteiger partial charge >= 0.3 is 11.9 Å². The fourth-order valence-electron chi connectivity index (χ4n) is 1.34. The molecule has 4 nitrogen and oxygen atoms in total. The predicted molar refractivity (Wildman–Crippen MR) is 50.3 cm³/mol. The highest BCUT2D eigenvalue weighted by Crippen LogP contribution is 2.33. The number of esters is 2. The molecule has 2 aliphatic heterocycles. The van der Waals surface area contributed by atoms with Crippen LogP contribution >= 0.6 is 11.8 Å². The Kier molecular flexibility index (Phi) is 2.33. The molecule has 0 radical (unpaired) electrons. The zero-order valence-electron chi connectivity index (χ0n) is 7.48. The van der Waals surface area contributed by atoms with Crippen LogP contribution in [0.2, 0.25) is 0 Å². The van der Waals surface area contributed by atoms with Gasteiger partial charge in [-0.05, 0) is 0 Å². The number of ether oxygens (including phenoxy) is 2. The summed E-state index contributed by atoms with van der Waals surface area (Å²) in [6, 6.07) is 0. The summed E-state index contributed by atoms with van der Waals surface area (Å²) in [5.74, 6) is 0.395. The molecule has 0 spiro atoms. The van der Waals surface area contributed by atoms with E-state index in [1.807, 2.05) is 0 Å². The molecular formula is C9H8O4S. The Morgan fingerprint density at radius 1 is 1.71 bits per heavy atom. The maximum atomic E-state index is 11.0. The molecular weight excluding hydrogens is 204 g/mol. The van der Waals surface area contributed by atoms with Gasteiger partial charge in [0.2, 0.25) is 0 Å². The van der Waals surface area contributed by atoms with Gasteiger partial charge in [0.25, 0.3) is 0 Å². The third-order valence-corrected chi connectivity index (χ3v) is 2.74. The molecule has 0 saturated heterocycles. The highest BCUT2D eigenvalue weighted by molar-refractivity contribution is 8.02. The lowest BCUT2D eigenvalue weighted by atomic mass is 10.1. The maximum absolute atomic E-state index is 11.0. The zero-order valence-corrected chi connectivity index (χ0v) is 8.30. The average molecular weight is 212 g/mol. The van der Waals surface area contributed by atoms with Crippen molar-refractivity contribution in [3.05, 3.63) is 22.8 Å². The van der Waals surface area contributed by atoms with E-state index in [-0.39, 0.29) is 12.1 Å². The lowest BCUT2D eigenvalue weighted by molar-refractivity contribution is -0.143. The average Bonchev–Trinajstić information content (AvgIpc) is 2.45. The fourth-order valence-corrected chi connectivity index (χ4v) is 2.19. The first kappa shape index (κ1) is 9.33. The normalized spacial score (nSPS) is 24.6. The molecule has 0 bridgehead atoms. The summed E-state index contributed by atoms with van der Waals surface area (Å²) in [7, 11) is 0. The number of rotatable bonds is 1. The van der Waals surface area contributed by atoms with Gasteiger partial charge in [0.1, 0.15) is 11.9 Å². The van der Waals surface area contributed by atoms with Crippen molar-refractivity contribution in [2.45, 2.75) is 13.0 Å². The highest BCUT2D eigenvalue weighted by Gasteiger charge is 2.32. The minimum atomic E-state index is -0.397. The van der Waals surface area contributed by atoms with Crippen molar-refractivity contribution in [1.82, 2.24) is 0 Å². The van der Waals surface area contributed by atoms with E-state index in [2.05, 4.69) is 0 Å². The van der Waals surface area contributed by atoms with E-state index in [9.17, 15) is 9.59 Å². The maximum Gasteiger partial charge on any atom is 0.336 e. The summed E-state index contributed by atoms with van der Waals surface area (Å²) in [5.41, 5.74) is 0.670. The van der Waals surface area contributed by atoms with Gasteiger partial charge in [0, 0.05) is 29.7 Å². The summed E-state index contributed by atoms with van der Waals surface area (Å²) >= 11 is 1.47. The number of thioether (sulfide) groups is 1. The van der Waals surface area contributed by atoms with Gasteiger partial charge in [0.15, 0.2) is 0 Å². The summed E-state index contributed by atoms with van der Waals surface area (Å²) in [6.07, 6.45) is 1.02. The van der Waals surface area contributed by atoms with Gasteiger partial charge in [-0.25, -0.2) is 4.79 Å². The van der Waals surface area contributed by atoms with Crippen LogP contribution in [0.25, 0.3) is 0 Å². The summed E-state index contributed by atoms with van der Waals surface area (Å²) in [5, 5.41) is 1.76. The molecule has 1 atom stereocenters. The Morgan fingerprint density at radius 2 is 2.50 bits per heavy atom. The molecule has 74 valence electrons. The second-order valence-electron chi connectivity index (χ2n) is 2.93. The molecule has 2 aliphatic rings. The van der Waals surface area contributed by atoms with Crippen LogP contribution in [0.4, 0.5) is 0 Å². The number of hydrogen-bond donors (Lipinski definition) is 0. The molecule has 14 heavy (non-hydrogen) atoms. The van der Waals surface area contributed by atoms with Crippen molar-refractivity contribution in [3.63, 3.8) is 0 Å². The first-order valence-electron chi connectivity index (χ1n) is 4.09. The molecule has 0 unspecified atom stereocenters. The summed E-state index contributed by atoms with van der Waals surface area (Å²) in [6.45, 7) is 1.35. The molecule has 2 heterocycles. The van der Waals surface area contributed by atoms with Crippen LogP contribution in [0.15, 0.2) is 22.8 Å². The number of fused-ring (bicyclic) bond motifs is 1. The van der Waals surface area contributed by atoms with Crippen LogP contribution in [-0.4, -0.2) is 23.8 Å². The van der Waals surface area contributed by atoms with Crippen molar-refractivity contribution in [2.75, 3.05) is 5.75 Å². The Bertz CT molecular complexity index is 356. The van der Waals surface area contributed by atoms with Crippen molar-refractivity contribution in [3.8, 4) is 0 Å². The Balaban J connectivity index is 2.21. The van der Waals surface area contributed by atoms with E-state index >= 15 is 0 Å². The minimum absolute atomic E-state index is 0.350. The Labute approximate surface area is 84.9 Å². The molecule has 0 N–H and O–H groups in total. The van der Waals surface area contributed by atoms with E-state index in [0.29, 0.717) is 17.1 Å². The van der Waals surface area contributed by atoms with Crippen LogP contribution < -0.4 is 0 Å². The van der Waals surface area contributed by atoms with E-state index in [1.165, 1.54) is 24.8 Å². The monoisotopic (exact) mass is 212 g/mol. The fraction of sp³-hybridized carbons (Fsp3) is 0.333. The molecule has 5 heteroatoms. The van der Waals surface area contributed by atoms with Crippen LogP contribution in [0, 0.1) is 0 Å². The van der Waals surface area contributed by atoms with E-state index in [0.717, 1.165) is 0 Å². The first-order valence-corrected chi connectivity index (χ1v) is 5.14. The van der Waals surface area contributed by atoms with Crippen LogP contribution in [0.1, 0.15) is 6.92 Å². The van der Waals surface area contributed by atoms with Gasteiger partial charge in [-0.3, -0.25) is 4.79 Å². The molecule has 0 aliphatic carbocycles. The summed E-state index contributed by atoms with van der Waals surface area (Å²) < 4.78 is 9.95. The molecule has 0 aromatic carbocycles. The summed E-state index contributed by atoms with van der Waals surface area (Å²) in [4.78, 5) is 21.7. The lowest BCUT2D eigenvalue weighted by Gasteiger charge is -2.20. The van der Waals surface area contributed by atoms with Crippen molar-refractivity contribution < 1.29 is 19.1 Å². The predicted octanol–water partition coefficient (Wildman–Crippen LogP) is 0.989. The van der Waals surface area contributed by atoms with Gasteiger partial charge in [0.05, 0.1) is 0 Å². The second kappa shape index (κ2) is 3.49. The van der Waals surface area contributed by atoms with Crippen LogP contribution in [-0.2, 0) is 19.1 Å². The molecule has 0 aromatic heterocycles. The van der Waals surface area contributed by atoms with Crippen molar-refractivity contribution in [2.24, 2.45) is 0 Å². The number of carbonyl (C=O) groups excluding carboxylic acids is 2. The molecule has 0 amide bonds. The quantitative estimate of drug-likeness (QED) is 0.607. The largest absolute Gasteiger partial charge is 0.457 e. The highest BCUT2D eigenvalue weighted by atomic mass is 32.2. The molecule has 0 saturated carbocycles. The van der Waals surface area contributed by atoms with E-state index in [4.69, 9.17) is 9.47 Å². The molecule has 2 rings (SSSR count). The minimum Gasteiger partial charge on any atom is -0.457 e. The number of carbonyl (C=O) groups is 2. The van der Waals surface area contributed by atoms with Gasteiger partial charge in [-0.1, -0.05) is 0 Å². The van der Waals surface area contributed by atoms with E-state index < -0.39 is 5.97 Å². The molecule has 0 fully saturated rings. The standard InChI is InChI=1S/C9H8O4S/c1-5(10)12-7-3-14-4-8-6(7)2-9(11)13-8/h2,4,7H,3H2,1H3/t7-/m1/s1. The second-order valence-corrected chi connectivity index (χ2v) is 3.84. The Hall–Kier alpha value is -1.23. The van der Waals surface area contributed by atoms with Gasteiger partial charge < -0.3 is 9.47 Å². The van der Waals surface area contributed by atoms with Gasteiger partial charge in [-0.2, -0.15) is 0 Å². The lowest BCUT2D eigenvalue weighted by Crippen LogP contribution is -2.23.